The zero-order valence-corrected chi connectivity index (χ0v) is 14.0. The largest absolute Gasteiger partial charge is 0.376 e. The summed E-state index contributed by atoms with van der Waals surface area (Å²) in [6, 6.07) is 0. The van der Waals surface area contributed by atoms with Gasteiger partial charge in [0.05, 0.1) is 17.4 Å². The first kappa shape index (κ1) is 16.8. The third-order valence-corrected chi connectivity index (χ3v) is 3.88. The van der Waals surface area contributed by atoms with E-state index in [1.165, 1.54) is 0 Å². The van der Waals surface area contributed by atoms with Crippen molar-refractivity contribution in [3.8, 4) is 0 Å². The molecule has 1 atom stereocenters. The Balaban J connectivity index is 2.12. The van der Waals surface area contributed by atoms with Crippen molar-refractivity contribution in [3.05, 3.63) is 23.3 Å². The Labute approximate surface area is 132 Å². The second-order valence-electron chi connectivity index (χ2n) is 6.11. The molecule has 122 valence electrons. The van der Waals surface area contributed by atoms with E-state index in [4.69, 9.17) is 4.74 Å². The maximum absolute atomic E-state index is 12.8. The molecule has 1 saturated heterocycles. The maximum Gasteiger partial charge on any atom is 0.257 e. The van der Waals surface area contributed by atoms with Gasteiger partial charge in [0.25, 0.3) is 5.91 Å². The van der Waals surface area contributed by atoms with Crippen LogP contribution in [0.1, 0.15) is 34.7 Å². The second-order valence-corrected chi connectivity index (χ2v) is 6.11. The molecule has 6 heteroatoms. The zero-order valence-electron chi connectivity index (χ0n) is 14.0. The summed E-state index contributed by atoms with van der Waals surface area (Å²) in [7, 11) is 4.02. The number of likely N-dealkylation sites (N-methyl/N-ethyl adjacent to an activating group) is 1. The molecule has 2 rings (SSSR count). The minimum Gasteiger partial charge on any atom is -0.376 e. The second kappa shape index (κ2) is 7.65. The number of aryl methyl sites for hydroxylation is 2. The summed E-state index contributed by atoms with van der Waals surface area (Å²) >= 11 is 0. The molecular formula is C16H26N4O2. The van der Waals surface area contributed by atoms with E-state index in [0.717, 1.165) is 31.7 Å². The van der Waals surface area contributed by atoms with Crippen LogP contribution in [0.25, 0.3) is 0 Å². The van der Waals surface area contributed by atoms with Gasteiger partial charge in [-0.1, -0.05) is 0 Å². The van der Waals surface area contributed by atoms with Crippen LogP contribution >= 0.6 is 0 Å². The molecule has 0 saturated carbocycles. The molecule has 1 aromatic rings. The van der Waals surface area contributed by atoms with Crippen LogP contribution < -0.4 is 0 Å². The highest BCUT2D eigenvalue weighted by molar-refractivity contribution is 5.95. The lowest BCUT2D eigenvalue weighted by molar-refractivity contribution is 0.0511. The third kappa shape index (κ3) is 4.48. The van der Waals surface area contributed by atoms with Crippen molar-refractivity contribution in [3.63, 3.8) is 0 Å². The predicted octanol–water partition coefficient (Wildman–Crippen LogP) is 1.28. The lowest BCUT2D eigenvalue weighted by atomic mass is 10.1. The topological polar surface area (TPSA) is 58.6 Å². The molecule has 6 nitrogen and oxygen atoms in total. The molecule has 1 fully saturated rings. The van der Waals surface area contributed by atoms with Crippen LogP contribution in [0.3, 0.4) is 0 Å². The zero-order chi connectivity index (χ0) is 16.1. The van der Waals surface area contributed by atoms with Crippen molar-refractivity contribution in [2.24, 2.45) is 0 Å². The molecule has 22 heavy (non-hydrogen) atoms. The van der Waals surface area contributed by atoms with Gasteiger partial charge in [-0.2, -0.15) is 0 Å². The van der Waals surface area contributed by atoms with Crippen molar-refractivity contribution in [1.29, 1.82) is 0 Å². The van der Waals surface area contributed by atoms with Gasteiger partial charge in [-0.3, -0.25) is 4.79 Å². The van der Waals surface area contributed by atoms with Crippen molar-refractivity contribution >= 4 is 5.91 Å². The highest BCUT2D eigenvalue weighted by atomic mass is 16.5. The molecule has 0 bridgehead atoms. The van der Waals surface area contributed by atoms with Gasteiger partial charge in [0.1, 0.15) is 5.82 Å². The normalized spacial score (nSPS) is 18.0. The summed E-state index contributed by atoms with van der Waals surface area (Å²) in [4.78, 5) is 25.3. The van der Waals surface area contributed by atoms with Crippen LogP contribution in [0.15, 0.2) is 6.20 Å². The molecule has 1 aromatic heterocycles. The Morgan fingerprint density at radius 1 is 1.36 bits per heavy atom. The number of aromatic nitrogens is 2. The number of carbonyl (C=O) groups excluding carboxylic acids is 1. The Kier molecular flexibility index (Phi) is 5.85. The molecular weight excluding hydrogens is 280 g/mol. The molecule has 1 aliphatic heterocycles. The minimum atomic E-state index is -0.00477. The Bertz CT molecular complexity index is 513. The Morgan fingerprint density at radius 2 is 2.14 bits per heavy atom. The van der Waals surface area contributed by atoms with E-state index >= 15 is 0 Å². The van der Waals surface area contributed by atoms with Gasteiger partial charge in [0.15, 0.2) is 0 Å². The van der Waals surface area contributed by atoms with E-state index < -0.39 is 0 Å². The van der Waals surface area contributed by atoms with Gasteiger partial charge < -0.3 is 14.5 Å². The van der Waals surface area contributed by atoms with Crippen LogP contribution in [0.4, 0.5) is 0 Å². The first-order valence-electron chi connectivity index (χ1n) is 7.83. The fourth-order valence-corrected chi connectivity index (χ4v) is 2.59. The summed E-state index contributed by atoms with van der Waals surface area (Å²) in [5, 5.41) is 0. The predicted molar refractivity (Wildman–Crippen MR) is 84.9 cm³/mol. The maximum atomic E-state index is 12.8. The third-order valence-electron chi connectivity index (χ3n) is 3.88. The first-order valence-corrected chi connectivity index (χ1v) is 7.83. The van der Waals surface area contributed by atoms with E-state index in [-0.39, 0.29) is 12.0 Å². The molecule has 0 aliphatic carbocycles. The van der Waals surface area contributed by atoms with Crippen LogP contribution in [-0.4, -0.2) is 72.1 Å². The summed E-state index contributed by atoms with van der Waals surface area (Å²) < 4.78 is 5.69. The molecule has 0 radical (unpaired) electrons. The van der Waals surface area contributed by atoms with Crippen LogP contribution in [0.2, 0.25) is 0 Å². The number of ether oxygens (including phenoxy) is 1. The van der Waals surface area contributed by atoms with E-state index in [2.05, 4.69) is 14.9 Å². The summed E-state index contributed by atoms with van der Waals surface area (Å²) in [5.74, 6) is 0.683. The van der Waals surface area contributed by atoms with Crippen LogP contribution in [0.5, 0.6) is 0 Å². The Hall–Kier alpha value is -1.53. The first-order chi connectivity index (χ1) is 10.5. The van der Waals surface area contributed by atoms with Gasteiger partial charge in [-0.25, -0.2) is 9.97 Å². The average molecular weight is 306 g/mol. The molecule has 1 amide bonds. The number of rotatable bonds is 6. The number of nitrogens with zero attached hydrogens (tertiary/aromatic N) is 4. The smallest absolute Gasteiger partial charge is 0.257 e. The lowest BCUT2D eigenvalue weighted by Crippen LogP contribution is -2.41. The fraction of sp³-hybridized carbons (Fsp3) is 0.688. The van der Waals surface area contributed by atoms with Gasteiger partial charge in [0.2, 0.25) is 0 Å². The SMILES string of the molecule is Cc1ncc(C(=O)N(CCN(C)C)CC2CCCO2)c(C)n1. The standard InChI is InChI=1S/C16H26N4O2/c1-12-15(10-17-13(2)18-12)16(21)20(8-7-19(3)4)11-14-6-5-9-22-14/h10,14H,5-9,11H2,1-4H3. The molecule has 1 aliphatic rings. The Morgan fingerprint density at radius 3 is 2.73 bits per heavy atom. The van der Waals surface area contributed by atoms with Gasteiger partial charge in [-0.05, 0) is 40.8 Å². The van der Waals surface area contributed by atoms with Crippen LogP contribution in [0, 0.1) is 13.8 Å². The molecule has 0 spiro atoms. The molecule has 0 N–H and O–H groups in total. The summed E-state index contributed by atoms with van der Waals surface area (Å²) in [6.45, 7) is 6.63. The number of amides is 1. The van der Waals surface area contributed by atoms with Crippen LogP contribution in [-0.2, 0) is 4.74 Å². The highest BCUT2D eigenvalue weighted by Gasteiger charge is 2.24. The van der Waals surface area contributed by atoms with Crippen molar-refractivity contribution < 1.29 is 9.53 Å². The number of hydrogen-bond acceptors (Lipinski definition) is 5. The van der Waals surface area contributed by atoms with Gasteiger partial charge in [0, 0.05) is 32.4 Å². The van der Waals surface area contributed by atoms with Crippen molar-refractivity contribution in [2.75, 3.05) is 40.3 Å². The monoisotopic (exact) mass is 306 g/mol. The minimum absolute atomic E-state index is 0.00477. The van der Waals surface area contributed by atoms with Crippen molar-refractivity contribution in [2.45, 2.75) is 32.8 Å². The lowest BCUT2D eigenvalue weighted by Gasteiger charge is -2.27. The molecule has 0 aromatic carbocycles. The summed E-state index contributed by atoms with van der Waals surface area (Å²) in [5.41, 5.74) is 1.32. The van der Waals surface area contributed by atoms with Gasteiger partial charge >= 0.3 is 0 Å². The quantitative estimate of drug-likeness (QED) is 0.792. The fourth-order valence-electron chi connectivity index (χ4n) is 2.59. The number of carbonyl (C=O) groups is 1. The van der Waals surface area contributed by atoms with Crippen molar-refractivity contribution in [1.82, 2.24) is 19.8 Å². The summed E-state index contributed by atoms with van der Waals surface area (Å²) in [6.07, 6.45) is 3.89. The van der Waals surface area contributed by atoms with E-state index in [1.807, 2.05) is 32.8 Å². The van der Waals surface area contributed by atoms with E-state index in [9.17, 15) is 4.79 Å². The van der Waals surface area contributed by atoms with Gasteiger partial charge in [-0.15, -0.1) is 0 Å². The van der Waals surface area contributed by atoms with E-state index in [0.29, 0.717) is 24.5 Å². The average Bonchev–Trinajstić information content (AvgIpc) is 2.95. The number of hydrogen-bond donors (Lipinski definition) is 0. The van der Waals surface area contributed by atoms with E-state index in [1.54, 1.807) is 6.20 Å². The molecule has 1 unspecified atom stereocenters. The molecule has 2 heterocycles. The highest BCUT2D eigenvalue weighted by Crippen LogP contribution is 2.16.